The van der Waals surface area contributed by atoms with Crippen LogP contribution < -0.4 is 10.3 Å². The normalized spacial score (nSPS) is 10.6. The molecule has 1 heterocycles. The largest absolute Gasteiger partial charge is 0.494 e. The standard InChI is InChI=1S/C19H17ClN2O2S/c20-15-7-9-16(10-8-15)24-11-4-12-25-19-21-17(13-18(23)22-19)14-5-2-1-3-6-14/h1-3,5-10,13H,4,11-12H2,(H,21,22,23). The Morgan fingerprint density at radius 3 is 2.60 bits per heavy atom. The molecule has 0 aliphatic rings. The Balaban J connectivity index is 1.52. The lowest BCUT2D eigenvalue weighted by atomic mass is 10.1. The maximum absolute atomic E-state index is 11.8. The molecule has 0 bridgehead atoms. The van der Waals surface area contributed by atoms with Gasteiger partial charge >= 0.3 is 0 Å². The molecule has 1 aromatic heterocycles. The van der Waals surface area contributed by atoms with E-state index in [9.17, 15) is 4.79 Å². The topological polar surface area (TPSA) is 55.0 Å². The second kappa shape index (κ2) is 8.74. The number of ether oxygens (including phenoxy) is 1. The number of aromatic amines is 1. The molecule has 0 aliphatic carbocycles. The Labute approximate surface area is 155 Å². The van der Waals surface area contributed by atoms with Crippen molar-refractivity contribution in [3.63, 3.8) is 0 Å². The third-order valence-corrected chi connectivity index (χ3v) is 4.61. The number of aromatic nitrogens is 2. The lowest BCUT2D eigenvalue weighted by Gasteiger charge is -2.06. The third kappa shape index (κ3) is 5.37. The van der Waals surface area contributed by atoms with Crippen molar-refractivity contribution in [1.29, 1.82) is 0 Å². The van der Waals surface area contributed by atoms with E-state index in [0.29, 0.717) is 22.5 Å². The van der Waals surface area contributed by atoms with Crippen LogP contribution in [0.2, 0.25) is 5.02 Å². The maximum Gasteiger partial charge on any atom is 0.252 e. The molecule has 25 heavy (non-hydrogen) atoms. The van der Waals surface area contributed by atoms with Crippen LogP contribution in [0.5, 0.6) is 5.75 Å². The fourth-order valence-electron chi connectivity index (χ4n) is 2.21. The molecule has 0 saturated heterocycles. The summed E-state index contributed by atoms with van der Waals surface area (Å²) < 4.78 is 5.65. The molecular weight excluding hydrogens is 356 g/mol. The van der Waals surface area contributed by atoms with Crippen LogP contribution in [0, 0.1) is 0 Å². The second-order valence-electron chi connectivity index (χ2n) is 5.31. The first-order valence-corrected chi connectivity index (χ1v) is 9.25. The highest BCUT2D eigenvalue weighted by molar-refractivity contribution is 7.99. The molecule has 0 aliphatic heterocycles. The van der Waals surface area contributed by atoms with Crippen molar-refractivity contribution in [3.05, 3.63) is 76.0 Å². The lowest BCUT2D eigenvalue weighted by molar-refractivity contribution is 0.318. The van der Waals surface area contributed by atoms with Crippen molar-refractivity contribution in [2.24, 2.45) is 0 Å². The average Bonchev–Trinajstić information content (AvgIpc) is 2.63. The predicted molar refractivity (Wildman–Crippen MR) is 103 cm³/mol. The zero-order valence-electron chi connectivity index (χ0n) is 13.4. The van der Waals surface area contributed by atoms with E-state index in [-0.39, 0.29) is 5.56 Å². The smallest absolute Gasteiger partial charge is 0.252 e. The Bertz CT molecular complexity index is 867. The van der Waals surface area contributed by atoms with Gasteiger partial charge in [-0.2, -0.15) is 0 Å². The molecule has 0 atom stereocenters. The van der Waals surface area contributed by atoms with E-state index >= 15 is 0 Å². The third-order valence-electron chi connectivity index (χ3n) is 3.40. The maximum atomic E-state index is 11.8. The fraction of sp³-hybridized carbons (Fsp3) is 0.158. The SMILES string of the molecule is O=c1cc(-c2ccccc2)nc(SCCCOc2ccc(Cl)cc2)[nH]1. The van der Waals surface area contributed by atoms with E-state index in [0.717, 1.165) is 23.5 Å². The quantitative estimate of drug-likeness (QED) is 0.372. The molecule has 0 spiro atoms. The first-order valence-electron chi connectivity index (χ1n) is 7.89. The van der Waals surface area contributed by atoms with Gasteiger partial charge in [0.25, 0.3) is 5.56 Å². The van der Waals surface area contributed by atoms with Gasteiger partial charge in [-0.3, -0.25) is 4.79 Å². The zero-order chi connectivity index (χ0) is 17.5. The Kier molecular flexibility index (Phi) is 6.14. The highest BCUT2D eigenvalue weighted by Gasteiger charge is 2.04. The number of nitrogens with zero attached hydrogens (tertiary/aromatic N) is 1. The van der Waals surface area contributed by atoms with Crippen LogP contribution in [-0.2, 0) is 0 Å². The van der Waals surface area contributed by atoms with Crippen molar-refractivity contribution in [2.75, 3.05) is 12.4 Å². The molecular formula is C19H17ClN2O2S. The molecule has 0 amide bonds. The Morgan fingerprint density at radius 2 is 1.84 bits per heavy atom. The summed E-state index contributed by atoms with van der Waals surface area (Å²) in [5.74, 6) is 1.60. The van der Waals surface area contributed by atoms with Crippen LogP contribution in [-0.4, -0.2) is 22.3 Å². The molecule has 4 nitrogen and oxygen atoms in total. The van der Waals surface area contributed by atoms with E-state index in [1.807, 2.05) is 42.5 Å². The number of hydrogen-bond acceptors (Lipinski definition) is 4. The van der Waals surface area contributed by atoms with Crippen LogP contribution in [0.15, 0.2) is 70.6 Å². The van der Waals surface area contributed by atoms with Gasteiger partial charge in [-0.25, -0.2) is 4.98 Å². The van der Waals surface area contributed by atoms with Gasteiger partial charge < -0.3 is 9.72 Å². The molecule has 2 aromatic carbocycles. The molecule has 3 aromatic rings. The molecule has 0 fully saturated rings. The summed E-state index contributed by atoms with van der Waals surface area (Å²) >= 11 is 7.35. The highest BCUT2D eigenvalue weighted by Crippen LogP contribution is 2.19. The number of rotatable bonds is 7. The number of benzene rings is 2. The number of nitrogens with one attached hydrogen (secondary N) is 1. The summed E-state index contributed by atoms with van der Waals surface area (Å²) in [6.07, 6.45) is 0.840. The van der Waals surface area contributed by atoms with Gasteiger partial charge in [0.2, 0.25) is 0 Å². The van der Waals surface area contributed by atoms with Crippen LogP contribution in [0.4, 0.5) is 0 Å². The van der Waals surface area contributed by atoms with Crippen molar-refractivity contribution in [2.45, 2.75) is 11.6 Å². The second-order valence-corrected chi connectivity index (χ2v) is 6.83. The minimum Gasteiger partial charge on any atom is -0.494 e. The first kappa shape index (κ1) is 17.6. The van der Waals surface area contributed by atoms with Gasteiger partial charge in [0, 0.05) is 22.4 Å². The molecule has 3 rings (SSSR count). The number of halogens is 1. The molecule has 0 radical (unpaired) electrons. The predicted octanol–water partition coefficient (Wildman–Crippen LogP) is 4.65. The van der Waals surface area contributed by atoms with Crippen LogP contribution >= 0.6 is 23.4 Å². The molecule has 6 heteroatoms. The van der Waals surface area contributed by atoms with Crippen LogP contribution in [0.1, 0.15) is 6.42 Å². The van der Waals surface area contributed by atoms with Gasteiger partial charge in [-0.1, -0.05) is 53.7 Å². The van der Waals surface area contributed by atoms with E-state index in [1.54, 1.807) is 12.1 Å². The monoisotopic (exact) mass is 372 g/mol. The fourth-order valence-corrected chi connectivity index (χ4v) is 3.13. The highest BCUT2D eigenvalue weighted by atomic mass is 35.5. The van der Waals surface area contributed by atoms with Gasteiger partial charge in [0.05, 0.1) is 12.3 Å². The van der Waals surface area contributed by atoms with Crippen molar-refractivity contribution < 1.29 is 4.74 Å². The van der Waals surface area contributed by atoms with Crippen molar-refractivity contribution in [3.8, 4) is 17.0 Å². The number of H-pyrrole nitrogens is 1. The summed E-state index contributed by atoms with van der Waals surface area (Å²) in [6.45, 7) is 0.594. The molecule has 1 N–H and O–H groups in total. The zero-order valence-corrected chi connectivity index (χ0v) is 15.0. The minimum absolute atomic E-state index is 0.145. The first-order chi connectivity index (χ1) is 12.2. The van der Waals surface area contributed by atoms with Gasteiger partial charge in [0.15, 0.2) is 5.16 Å². The van der Waals surface area contributed by atoms with E-state index in [2.05, 4.69) is 9.97 Å². The van der Waals surface area contributed by atoms with Crippen molar-refractivity contribution in [1.82, 2.24) is 9.97 Å². The summed E-state index contributed by atoms with van der Waals surface area (Å²) in [6, 6.07) is 18.5. The minimum atomic E-state index is -0.145. The Hall–Kier alpha value is -2.24. The van der Waals surface area contributed by atoms with Gasteiger partial charge in [0.1, 0.15) is 5.75 Å². The lowest BCUT2D eigenvalue weighted by Crippen LogP contribution is -2.08. The van der Waals surface area contributed by atoms with E-state index < -0.39 is 0 Å². The summed E-state index contributed by atoms with van der Waals surface area (Å²) in [7, 11) is 0. The Morgan fingerprint density at radius 1 is 1.08 bits per heavy atom. The van der Waals surface area contributed by atoms with Gasteiger partial charge in [-0.05, 0) is 30.7 Å². The number of hydrogen-bond donors (Lipinski definition) is 1. The van der Waals surface area contributed by atoms with Crippen LogP contribution in [0.3, 0.4) is 0 Å². The van der Waals surface area contributed by atoms with Crippen molar-refractivity contribution >= 4 is 23.4 Å². The summed E-state index contributed by atoms with van der Waals surface area (Å²) in [5, 5.41) is 1.31. The molecule has 0 saturated carbocycles. The van der Waals surface area contributed by atoms with Crippen LogP contribution in [0.25, 0.3) is 11.3 Å². The summed E-state index contributed by atoms with van der Waals surface area (Å²) in [4.78, 5) is 19.1. The van der Waals surface area contributed by atoms with E-state index in [1.165, 1.54) is 17.8 Å². The van der Waals surface area contributed by atoms with E-state index in [4.69, 9.17) is 16.3 Å². The number of thioether (sulfide) groups is 1. The summed E-state index contributed by atoms with van der Waals surface area (Å²) in [5.41, 5.74) is 1.47. The average molecular weight is 373 g/mol. The molecule has 0 unspecified atom stereocenters. The molecule has 128 valence electrons. The van der Waals surface area contributed by atoms with Gasteiger partial charge in [-0.15, -0.1) is 0 Å².